The van der Waals surface area contributed by atoms with Crippen LogP contribution in [0.5, 0.6) is 0 Å². The minimum Gasteiger partial charge on any atom is -0.389 e. The van der Waals surface area contributed by atoms with Gasteiger partial charge in [0.05, 0.1) is 17.7 Å². The van der Waals surface area contributed by atoms with Crippen molar-refractivity contribution in [3.8, 4) is 6.07 Å². The highest BCUT2D eigenvalue weighted by atomic mass is 16.3. The Hall–Kier alpha value is -1.53. The minimum atomic E-state index is -0.503. The predicted octanol–water partition coefficient (Wildman–Crippen LogP) is 4.02. The van der Waals surface area contributed by atoms with E-state index >= 15 is 0 Å². The maximum Gasteiger partial charge on any atom is 0.0992 e. The molecule has 21 heavy (non-hydrogen) atoms. The van der Waals surface area contributed by atoms with Crippen molar-refractivity contribution in [3.63, 3.8) is 0 Å². The highest BCUT2D eigenvalue weighted by Gasteiger charge is 2.32. The molecule has 0 saturated carbocycles. The van der Waals surface area contributed by atoms with Gasteiger partial charge in [-0.05, 0) is 37.3 Å². The first-order valence-electron chi connectivity index (χ1n) is 8.02. The van der Waals surface area contributed by atoms with Crippen LogP contribution in [-0.2, 0) is 0 Å². The van der Waals surface area contributed by atoms with Crippen molar-refractivity contribution in [1.29, 1.82) is 5.26 Å². The summed E-state index contributed by atoms with van der Waals surface area (Å²) in [5, 5.41) is 19.1. The van der Waals surface area contributed by atoms with Crippen LogP contribution in [0, 0.1) is 16.7 Å². The summed E-state index contributed by atoms with van der Waals surface area (Å²) < 4.78 is 0. The van der Waals surface area contributed by atoms with Crippen molar-refractivity contribution in [2.75, 3.05) is 18.0 Å². The van der Waals surface area contributed by atoms with E-state index in [4.69, 9.17) is 5.26 Å². The zero-order valence-electron chi connectivity index (χ0n) is 13.4. The summed E-state index contributed by atoms with van der Waals surface area (Å²) in [4.78, 5) is 2.34. The van der Waals surface area contributed by atoms with Crippen LogP contribution < -0.4 is 4.90 Å². The standard InChI is InChI=1S/C18H26N2O/c1-4-18(5-2)8-10-20(11-9-18)17-12-15(13-19)6-7-16(17)14(3)21/h6-7,12,14,21H,4-5,8-11H2,1-3H3/t14-/m0/s1. The molecule has 1 N–H and O–H groups in total. The van der Waals surface area contributed by atoms with E-state index in [0.717, 1.165) is 24.3 Å². The van der Waals surface area contributed by atoms with Gasteiger partial charge in [-0.1, -0.05) is 32.8 Å². The fraction of sp³-hybridized carbons (Fsp3) is 0.611. The van der Waals surface area contributed by atoms with Gasteiger partial charge in [-0.2, -0.15) is 5.26 Å². The lowest BCUT2D eigenvalue weighted by Crippen LogP contribution is -2.40. The van der Waals surface area contributed by atoms with Gasteiger partial charge in [0.2, 0.25) is 0 Å². The zero-order valence-corrected chi connectivity index (χ0v) is 13.4. The van der Waals surface area contributed by atoms with Gasteiger partial charge in [0.25, 0.3) is 0 Å². The molecule has 2 rings (SSSR count). The first kappa shape index (κ1) is 15.9. The number of aliphatic hydroxyl groups excluding tert-OH is 1. The Kier molecular flexibility index (Phi) is 4.90. The molecule has 0 unspecified atom stereocenters. The van der Waals surface area contributed by atoms with Crippen molar-refractivity contribution < 1.29 is 5.11 Å². The number of hydrogen-bond donors (Lipinski definition) is 1. The lowest BCUT2D eigenvalue weighted by Gasteiger charge is -2.42. The van der Waals surface area contributed by atoms with Gasteiger partial charge >= 0.3 is 0 Å². The van der Waals surface area contributed by atoms with E-state index in [9.17, 15) is 5.11 Å². The molecule has 0 amide bonds. The molecule has 114 valence electrons. The fourth-order valence-corrected chi connectivity index (χ4v) is 3.42. The molecular formula is C18H26N2O. The number of nitrogens with zero attached hydrogens (tertiary/aromatic N) is 2. The largest absolute Gasteiger partial charge is 0.389 e. The summed E-state index contributed by atoms with van der Waals surface area (Å²) in [6, 6.07) is 7.80. The van der Waals surface area contributed by atoms with E-state index in [1.807, 2.05) is 12.1 Å². The molecule has 0 aliphatic carbocycles. The lowest BCUT2D eigenvalue weighted by atomic mass is 9.74. The predicted molar refractivity (Wildman–Crippen MR) is 86.3 cm³/mol. The van der Waals surface area contributed by atoms with E-state index in [1.165, 1.54) is 25.7 Å². The second-order valence-electron chi connectivity index (χ2n) is 6.26. The van der Waals surface area contributed by atoms with E-state index in [2.05, 4.69) is 24.8 Å². The zero-order chi connectivity index (χ0) is 15.5. The second kappa shape index (κ2) is 6.49. The Morgan fingerprint density at radius 1 is 1.29 bits per heavy atom. The number of nitriles is 1. The van der Waals surface area contributed by atoms with Crippen molar-refractivity contribution >= 4 is 5.69 Å². The van der Waals surface area contributed by atoms with Crippen LogP contribution in [0.4, 0.5) is 5.69 Å². The molecule has 1 aliphatic rings. The van der Waals surface area contributed by atoms with Crippen LogP contribution in [0.1, 0.15) is 63.7 Å². The number of rotatable bonds is 4. The topological polar surface area (TPSA) is 47.3 Å². The highest BCUT2D eigenvalue weighted by Crippen LogP contribution is 2.40. The summed E-state index contributed by atoms with van der Waals surface area (Å²) >= 11 is 0. The minimum absolute atomic E-state index is 0.480. The molecule has 3 heteroatoms. The summed E-state index contributed by atoms with van der Waals surface area (Å²) in [7, 11) is 0. The van der Waals surface area contributed by atoms with Crippen molar-refractivity contribution in [2.24, 2.45) is 5.41 Å². The number of anilines is 1. The second-order valence-corrected chi connectivity index (χ2v) is 6.26. The molecule has 1 heterocycles. The molecule has 0 spiro atoms. The van der Waals surface area contributed by atoms with Crippen LogP contribution in [0.3, 0.4) is 0 Å². The third-order valence-electron chi connectivity index (χ3n) is 5.27. The molecule has 3 nitrogen and oxygen atoms in total. The van der Waals surface area contributed by atoms with E-state index < -0.39 is 6.10 Å². The van der Waals surface area contributed by atoms with Crippen molar-refractivity contribution in [3.05, 3.63) is 29.3 Å². The molecule has 0 bridgehead atoms. The van der Waals surface area contributed by atoms with Crippen molar-refractivity contribution in [2.45, 2.75) is 52.6 Å². The van der Waals surface area contributed by atoms with Gasteiger partial charge in [-0.3, -0.25) is 0 Å². The Balaban J connectivity index is 2.25. The first-order chi connectivity index (χ1) is 10.0. The van der Waals surface area contributed by atoms with E-state index in [0.29, 0.717) is 11.0 Å². The van der Waals surface area contributed by atoms with Crippen LogP contribution in [0.2, 0.25) is 0 Å². The average molecular weight is 286 g/mol. The molecule has 1 aromatic carbocycles. The summed E-state index contributed by atoms with van der Waals surface area (Å²) in [6.45, 7) is 8.39. The fourth-order valence-electron chi connectivity index (χ4n) is 3.42. The summed E-state index contributed by atoms with van der Waals surface area (Å²) in [6.07, 6.45) is 4.35. The highest BCUT2D eigenvalue weighted by molar-refractivity contribution is 5.58. The SMILES string of the molecule is CCC1(CC)CCN(c2cc(C#N)ccc2[C@H](C)O)CC1. The Bertz CT molecular complexity index is 517. The number of aliphatic hydroxyl groups is 1. The summed E-state index contributed by atoms with van der Waals surface area (Å²) in [5.41, 5.74) is 3.10. The lowest BCUT2D eigenvalue weighted by molar-refractivity contribution is 0.193. The van der Waals surface area contributed by atoms with Gasteiger partial charge in [0, 0.05) is 24.3 Å². The molecular weight excluding hydrogens is 260 g/mol. The van der Waals surface area contributed by atoms with Crippen molar-refractivity contribution in [1.82, 2.24) is 0 Å². The third-order valence-corrected chi connectivity index (χ3v) is 5.27. The van der Waals surface area contributed by atoms with Gasteiger partial charge in [0.1, 0.15) is 0 Å². The molecule has 1 aromatic rings. The maximum atomic E-state index is 9.98. The van der Waals surface area contributed by atoms with Crippen LogP contribution in [0.25, 0.3) is 0 Å². The normalized spacial score (nSPS) is 19.1. The molecule has 0 aromatic heterocycles. The van der Waals surface area contributed by atoms with Crippen LogP contribution >= 0.6 is 0 Å². The Morgan fingerprint density at radius 3 is 2.38 bits per heavy atom. The molecule has 1 fully saturated rings. The van der Waals surface area contributed by atoms with Crippen LogP contribution in [-0.4, -0.2) is 18.2 Å². The van der Waals surface area contributed by atoms with Gasteiger partial charge in [0.15, 0.2) is 0 Å². The van der Waals surface area contributed by atoms with E-state index in [1.54, 1.807) is 13.0 Å². The molecule has 1 aliphatic heterocycles. The monoisotopic (exact) mass is 286 g/mol. The van der Waals surface area contributed by atoms with Crippen LogP contribution in [0.15, 0.2) is 18.2 Å². The van der Waals surface area contributed by atoms with Gasteiger partial charge < -0.3 is 10.0 Å². The maximum absolute atomic E-state index is 9.98. The third kappa shape index (κ3) is 3.22. The first-order valence-corrected chi connectivity index (χ1v) is 8.02. The quantitative estimate of drug-likeness (QED) is 0.909. The van der Waals surface area contributed by atoms with Gasteiger partial charge in [-0.25, -0.2) is 0 Å². The smallest absolute Gasteiger partial charge is 0.0992 e. The number of hydrogen-bond acceptors (Lipinski definition) is 3. The van der Waals surface area contributed by atoms with Gasteiger partial charge in [-0.15, -0.1) is 0 Å². The Morgan fingerprint density at radius 2 is 1.90 bits per heavy atom. The molecule has 0 radical (unpaired) electrons. The molecule has 1 atom stereocenters. The Labute approximate surface area is 128 Å². The van der Waals surface area contributed by atoms with E-state index in [-0.39, 0.29) is 0 Å². The molecule has 1 saturated heterocycles. The number of piperidine rings is 1. The average Bonchev–Trinajstić information content (AvgIpc) is 2.54. The number of benzene rings is 1. The summed E-state index contributed by atoms with van der Waals surface area (Å²) in [5.74, 6) is 0.